The first kappa shape index (κ1) is 23.4. The molecule has 172 valence electrons. The Bertz CT molecular complexity index is 1010. The number of hydrogen-bond donors (Lipinski definition) is 1. The number of halogens is 1. The molecule has 1 aromatic rings. The lowest BCUT2D eigenvalue weighted by Crippen LogP contribution is -2.18. The van der Waals surface area contributed by atoms with Crippen LogP contribution in [0.15, 0.2) is 76.9 Å². The summed E-state index contributed by atoms with van der Waals surface area (Å²) >= 11 is 1.80. The van der Waals surface area contributed by atoms with Gasteiger partial charge in [0.1, 0.15) is 0 Å². The Hall–Kier alpha value is -2.71. The van der Waals surface area contributed by atoms with Gasteiger partial charge in [-0.3, -0.25) is 0 Å². The Balaban J connectivity index is 1.33. The molecule has 1 aromatic carbocycles. The molecule has 0 bridgehead atoms. The van der Waals surface area contributed by atoms with E-state index in [-0.39, 0.29) is 5.83 Å². The number of likely N-dealkylation sites (tertiary alicyclic amines) is 1. The first-order valence-electron chi connectivity index (χ1n) is 11.9. The average molecular weight is 462 g/mol. The van der Waals surface area contributed by atoms with Gasteiger partial charge in [0.2, 0.25) is 0 Å². The van der Waals surface area contributed by atoms with Crippen LogP contribution in [-0.2, 0) is 0 Å². The second-order valence-corrected chi connectivity index (χ2v) is 10.2. The molecule has 1 N–H and O–H groups in total. The fraction of sp³-hybridized carbons (Fsp3) is 0.393. The number of nitrogens with zero attached hydrogens (tertiary/aromatic N) is 2. The van der Waals surface area contributed by atoms with Gasteiger partial charge in [-0.2, -0.15) is 5.26 Å². The van der Waals surface area contributed by atoms with Gasteiger partial charge in [0.05, 0.1) is 5.83 Å². The van der Waals surface area contributed by atoms with Crippen LogP contribution in [0.2, 0.25) is 0 Å². The molecule has 0 spiro atoms. The monoisotopic (exact) mass is 461 g/mol. The molecule has 2 atom stereocenters. The minimum absolute atomic E-state index is 0.0171. The predicted octanol–water partition coefficient (Wildman–Crippen LogP) is 7.02. The van der Waals surface area contributed by atoms with Crippen molar-refractivity contribution in [2.45, 2.75) is 44.4 Å². The fourth-order valence-corrected chi connectivity index (χ4v) is 5.84. The van der Waals surface area contributed by atoms with Crippen molar-refractivity contribution in [1.82, 2.24) is 10.2 Å². The van der Waals surface area contributed by atoms with Crippen molar-refractivity contribution in [3.8, 4) is 6.19 Å². The normalized spacial score (nSPS) is 22.7. The summed E-state index contributed by atoms with van der Waals surface area (Å²) in [4.78, 5) is 4.41. The number of nitriles is 1. The fourth-order valence-electron chi connectivity index (χ4n) is 4.64. The van der Waals surface area contributed by atoms with Gasteiger partial charge < -0.3 is 10.2 Å². The second kappa shape index (κ2) is 11.4. The lowest BCUT2D eigenvalue weighted by atomic mass is 9.91. The Morgan fingerprint density at radius 3 is 2.85 bits per heavy atom. The molecule has 0 amide bonds. The highest BCUT2D eigenvalue weighted by molar-refractivity contribution is 8.06. The number of allylic oxidation sites excluding steroid dienone is 8. The van der Waals surface area contributed by atoms with Crippen molar-refractivity contribution in [2.75, 3.05) is 19.6 Å². The van der Waals surface area contributed by atoms with Crippen molar-refractivity contribution in [2.24, 2.45) is 5.92 Å². The molecule has 33 heavy (non-hydrogen) atoms. The molecule has 2 aliphatic carbocycles. The molecular weight excluding hydrogens is 429 g/mol. The van der Waals surface area contributed by atoms with Crippen molar-refractivity contribution < 1.29 is 4.39 Å². The van der Waals surface area contributed by atoms with Gasteiger partial charge in [-0.25, -0.2) is 4.39 Å². The van der Waals surface area contributed by atoms with E-state index in [2.05, 4.69) is 60.6 Å². The molecule has 1 saturated heterocycles. The Labute approximate surface area is 201 Å². The van der Waals surface area contributed by atoms with Crippen LogP contribution in [0.3, 0.4) is 0 Å². The van der Waals surface area contributed by atoms with Crippen LogP contribution in [0.1, 0.15) is 55.6 Å². The number of benzene rings is 1. The highest BCUT2D eigenvalue weighted by Gasteiger charge is 2.22. The summed E-state index contributed by atoms with van der Waals surface area (Å²) < 4.78 is 13.6. The van der Waals surface area contributed by atoms with E-state index < -0.39 is 0 Å². The van der Waals surface area contributed by atoms with Crippen molar-refractivity contribution >= 4 is 17.5 Å². The molecule has 0 radical (unpaired) electrons. The topological polar surface area (TPSA) is 39.1 Å². The lowest BCUT2D eigenvalue weighted by Gasteiger charge is -2.23. The quantitative estimate of drug-likeness (QED) is 0.422. The Morgan fingerprint density at radius 2 is 2.06 bits per heavy atom. The Kier molecular flexibility index (Phi) is 8.12. The van der Waals surface area contributed by atoms with Crippen LogP contribution in [0, 0.1) is 17.4 Å². The van der Waals surface area contributed by atoms with E-state index in [1.165, 1.54) is 15.4 Å². The summed E-state index contributed by atoms with van der Waals surface area (Å²) in [6.45, 7) is 6.87. The number of thioether (sulfide) groups is 1. The van der Waals surface area contributed by atoms with E-state index in [4.69, 9.17) is 5.26 Å². The predicted molar refractivity (Wildman–Crippen MR) is 137 cm³/mol. The highest BCUT2D eigenvalue weighted by atomic mass is 32.2. The third kappa shape index (κ3) is 6.42. The molecule has 1 heterocycles. The third-order valence-corrected chi connectivity index (χ3v) is 7.89. The minimum atomic E-state index is -0.0171. The Morgan fingerprint density at radius 1 is 1.21 bits per heavy atom. The van der Waals surface area contributed by atoms with Crippen LogP contribution in [0.5, 0.6) is 0 Å². The van der Waals surface area contributed by atoms with Gasteiger partial charge in [0, 0.05) is 31.2 Å². The molecule has 4 rings (SSSR count). The smallest absolute Gasteiger partial charge is 0.179 e. The molecule has 0 saturated carbocycles. The van der Waals surface area contributed by atoms with Gasteiger partial charge in [-0.15, -0.1) is 0 Å². The van der Waals surface area contributed by atoms with Crippen LogP contribution < -0.4 is 5.32 Å². The van der Waals surface area contributed by atoms with E-state index in [1.807, 2.05) is 11.0 Å². The molecule has 3 aliphatic rings. The maximum Gasteiger partial charge on any atom is 0.179 e. The number of nitrogens with one attached hydrogen (secondary N) is 1. The van der Waals surface area contributed by atoms with Crippen LogP contribution >= 0.6 is 11.8 Å². The number of rotatable bonds is 8. The van der Waals surface area contributed by atoms with Gasteiger partial charge >= 0.3 is 0 Å². The van der Waals surface area contributed by atoms with Crippen molar-refractivity contribution in [3.63, 3.8) is 0 Å². The average Bonchev–Trinajstić information content (AvgIpc) is 3.21. The van der Waals surface area contributed by atoms with E-state index in [0.717, 1.165) is 63.0 Å². The molecule has 0 aromatic heterocycles. The molecular formula is C28H32FN3S. The summed E-state index contributed by atoms with van der Waals surface area (Å²) in [7, 11) is 0. The first-order valence-corrected chi connectivity index (χ1v) is 12.7. The van der Waals surface area contributed by atoms with Crippen molar-refractivity contribution in [1.29, 1.82) is 5.26 Å². The molecule has 1 aliphatic heterocycles. The second-order valence-electron chi connectivity index (χ2n) is 9.00. The maximum absolute atomic E-state index is 13.6. The molecule has 2 unspecified atom stereocenters. The highest BCUT2D eigenvalue weighted by Crippen LogP contribution is 2.43. The zero-order valence-electron chi connectivity index (χ0n) is 19.1. The van der Waals surface area contributed by atoms with E-state index in [1.54, 1.807) is 17.8 Å². The van der Waals surface area contributed by atoms with Crippen molar-refractivity contribution in [3.05, 3.63) is 88.0 Å². The maximum atomic E-state index is 13.6. The zero-order chi connectivity index (χ0) is 23.0. The largest absolute Gasteiger partial charge is 0.385 e. The van der Waals surface area contributed by atoms with Crippen LogP contribution in [-0.4, -0.2) is 24.5 Å². The van der Waals surface area contributed by atoms with E-state index in [0.29, 0.717) is 18.3 Å². The summed E-state index contributed by atoms with van der Waals surface area (Å²) in [5, 5.41) is 12.5. The summed E-state index contributed by atoms with van der Waals surface area (Å²) in [5.74, 6) is 0.903. The standard InChI is InChI=1S/C28H32FN3S/c1-21(31-17-15-22-16-18-32(19-22)20-30)23-9-11-24(12-10-23)27-7-2-3-8-28(27)33-26-6-4-5-25(29)13-14-26/h2-3,8-14,22,27,31H,1,4-7,15-19H2. The third-order valence-electron chi connectivity index (χ3n) is 6.63. The van der Waals surface area contributed by atoms with Gasteiger partial charge in [0.25, 0.3) is 0 Å². The van der Waals surface area contributed by atoms with Gasteiger partial charge in [0.15, 0.2) is 6.19 Å². The molecule has 5 heteroatoms. The van der Waals surface area contributed by atoms with Gasteiger partial charge in [-0.1, -0.05) is 60.8 Å². The first-order chi connectivity index (χ1) is 16.1. The zero-order valence-corrected chi connectivity index (χ0v) is 19.9. The van der Waals surface area contributed by atoms with Gasteiger partial charge in [-0.05, 0) is 77.5 Å². The lowest BCUT2D eigenvalue weighted by molar-refractivity contribution is 0.439. The summed E-state index contributed by atoms with van der Waals surface area (Å²) in [5.41, 5.74) is 3.36. The summed E-state index contributed by atoms with van der Waals surface area (Å²) in [6, 6.07) is 8.73. The summed E-state index contributed by atoms with van der Waals surface area (Å²) in [6.07, 6.45) is 17.9. The molecule has 3 nitrogen and oxygen atoms in total. The van der Waals surface area contributed by atoms with E-state index >= 15 is 0 Å². The van der Waals surface area contributed by atoms with Crippen LogP contribution in [0.4, 0.5) is 4.39 Å². The van der Waals surface area contributed by atoms with E-state index in [9.17, 15) is 4.39 Å². The minimum Gasteiger partial charge on any atom is -0.385 e. The van der Waals surface area contributed by atoms with Crippen LogP contribution in [0.25, 0.3) is 5.70 Å². The SMILES string of the molecule is C=C(NCCC1CCN(C#N)C1)c1ccc(C2CC=CC=C2SC2=CC=C(F)CCC2)cc1. The number of hydrogen-bond acceptors (Lipinski definition) is 4. The molecule has 1 fully saturated rings.